The second-order valence-corrected chi connectivity index (χ2v) is 5.39. The zero-order valence-electron chi connectivity index (χ0n) is 11.9. The molecule has 1 aromatic carbocycles. The van der Waals surface area contributed by atoms with Crippen LogP contribution in [0, 0.1) is 0 Å². The van der Waals surface area contributed by atoms with Gasteiger partial charge in [-0.2, -0.15) is 0 Å². The number of hydrogen-bond donors (Lipinski definition) is 2. The topological polar surface area (TPSA) is 90.1 Å². The van der Waals surface area contributed by atoms with Crippen LogP contribution in [0.15, 0.2) is 36.0 Å². The van der Waals surface area contributed by atoms with E-state index < -0.39 is 5.91 Å². The van der Waals surface area contributed by atoms with Crippen molar-refractivity contribution in [3.63, 3.8) is 0 Å². The number of fused-ring (bicyclic) bond motifs is 1. The number of primary amides is 1. The van der Waals surface area contributed by atoms with Gasteiger partial charge in [0.15, 0.2) is 0 Å². The third kappa shape index (κ3) is 2.71. The van der Waals surface area contributed by atoms with Gasteiger partial charge in [0.05, 0.1) is 17.7 Å². The highest BCUT2D eigenvalue weighted by Crippen LogP contribution is 2.32. The molecule has 3 rings (SSSR count). The summed E-state index contributed by atoms with van der Waals surface area (Å²) in [5.74, 6) is 0.759. The molecule has 22 heavy (non-hydrogen) atoms. The van der Waals surface area contributed by atoms with Crippen LogP contribution in [0.5, 0.6) is 5.75 Å². The molecule has 0 saturated carbocycles. The number of benzene rings is 1. The SMILES string of the molecule is CCOc1cc(C(N)=O)ccc1Nc1ncnc2sccc12. The molecule has 0 bridgehead atoms. The Hall–Kier alpha value is -2.67. The third-order valence-corrected chi connectivity index (χ3v) is 3.90. The van der Waals surface area contributed by atoms with Crippen LogP contribution in [-0.2, 0) is 0 Å². The first-order valence-corrected chi connectivity index (χ1v) is 7.59. The third-order valence-electron chi connectivity index (χ3n) is 3.08. The van der Waals surface area contributed by atoms with Crippen LogP contribution in [0.25, 0.3) is 10.2 Å². The van der Waals surface area contributed by atoms with Crippen molar-refractivity contribution in [3.05, 3.63) is 41.5 Å². The molecule has 0 spiro atoms. The predicted molar refractivity (Wildman–Crippen MR) is 86.8 cm³/mol. The molecule has 3 aromatic rings. The van der Waals surface area contributed by atoms with E-state index in [-0.39, 0.29) is 0 Å². The molecule has 0 aliphatic rings. The summed E-state index contributed by atoms with van der Waals surface area (Å²) >= 11 is 1.55. The smallest absolute Gasteiger partial charge is 0.248 e. The van der Waals surface area contributed by atoms with Crippen LogP contribution < -0.4 is 15.8 Å². The number of nitrogens with two attached hydrogens (primary N) is 1. The quantitative estimate of drug-likeness (QED) is 0.755. The van der Waals surface area contributed by atoms with Gasteiger partial charge in [-0.3, -0.25) is 4.79 Å². The van der Waals surface area contributed by atoms with Gasteiger partial charge in [0, 0.05) is 5.56 Å². The van der Waals surface area contributed by atoms with Crippen molar-refractivity contribution in [3.8, 4) is 5.75 Å². The number of hydrogen-bond acceptors (Lipinski definition) is 6. The van der Waals surface area contributed by atoms with Crippen LogP contribution in [0.1, 0.15) is 17.3 Å². The zero-order chi connectivity index (χ0) is 15.5. The van der Waals surface area contributed by atoms with Crippen LogP contribution in [-0.4, -0.2) is 22.5 Å². The molecular weight excluding hydrogens is 300 g/mol. The summed E-state index contributed by atoms with van der Waals surface area (Å²) in [7, 11) is 0. The molecule has 2 heterocycles. The number of nitrogens with one attached hydrogen (secondary N) is 1. The zero-order valence-corrected chi connectivity index (χ0v) is 12.7. The van der Waals surface area contributed by atoms with E-state index in [0.29, 0.717) is 23.7 Å². The maximum absolute atomic E-state index is 11.3. The minimum atomic E-state index is -0.491. The van der Waals surface area contributed by atoms with E-state index in [1.807, 2.05) is 18.4 Å². The Bertz CT molecular complexity index is 831. The highest BCUT2D eigenvalue weighted by Gasteiger charge is 2.11. The maximum atomic E-state index is 11.3. The lowest BCUT2D eigenvalue weighted by atomic mass is 10.1. The number of anilines is 2. The lowest BCUT2D eigenvalue weighted by molar-refractivity contribution is 0.1000. The van der Waals surface area contributed by atoms with Crippen molar-refractivity contribution in [2.24, 2.45) is 5.73 Å². The highest BCUT2D eigenvalue weighted by atomic mass is 32.1. The highest BCUT2D eigenvalue weighted by molar-refractivity contribution is 7.16. The summed E-state index contributed by atoms with van der Waals surface area (Å²) in [6.45, 7) is 2.36. The number of ether oxygens (including phenoxy) is 1. The fourth-order valence-corrected chi connectivity index (χ4v) is 2.80. The van der Waals surface area contributed by atoms with Gasteiger partial charge in [0.25, 0.3) is 0 Å². The summed E-state index contributed by atoms with van der Waals surface area (Å²) in [5.41, 5.74) is 6.43. The first-order valence-electron chi connectivity index (χ1n) is 6.71. The average Bonchev–Trinajstić information content (AvgIpc) is 2.98. The molecule has 0 fully saturated rings. The van der Waals surface area contributed by atoms with Gasteiger partial charge < -0.3 is 15.8 Å². The second-order valence-electron chi connectivity index (χ2n) is 4.49. The standard InChI is InChI=1S/C15H14N4O2S/c1-2-21-12-7-9(13(16)20)3-4-11(12)19-14-10-5-6-22-15(10)18-8-17-14/h3-8H,2H2,1H3,(H2,16,20)(H,17,18,19). The van der Waals surface area contributed by atoms with Crippen LogP contribution in [0.2, 0.25) is 0 Å². The number of nitrogens with zero attached hydrogens (tertiary/aromatic N) is 2. The van der Waals surface area contributed by atoms with Crippen molar-refractivity contribution in [1.82, 2.24) is 9.97 Å². The van der Waals surface area contributed by atoms with E-state index in [1.54, 1.807) is 29.5 Å². The largest absolute Gasteiger partial charge is 0.492 e. The number of amides is 1. The molecule has 112 valence electrons. The van der Waals surface area contributed by atoms with Crippen molar-refractivity contribution in [2.75, 3.05) is 11.9 Å². The molecule has 0 aliphatic carbocycles. The van der Waals surface area contributed by atoms with Gasteiger partial charge in [-0.05, 0) is 36.6 Å². The predicted octanol–water partition coefficient (Wildman–Crippen LogP) is 2.93. The Morgan fingerprint density at radius 3 is 3.00 bits per heavy atom. The van der Waals surface area contributed by atoms with E-state index in [1.165, 1.54) is 6.33 Å². The molecule has 0 unspecified atom stereocenters. The fraction of sp³-hybridized carbons (Fsp3) is 0.133. The molecule has 0 aliphatic heterocycles. The molecule has 3 N–H and O–H groups in total. The lowest BCUT2D eigenvalue weighted by Gasteiger charge is -2.13. The summed E-state index contributed by atoms with van der Waals surface area (Å²) < 4.78 is 5.58. The molecule has 6 nitrogen and oxygen atoms in total. The lowest BCUT2D eigenvalue weighted by Crippen LogP contribution is -2.11. The summed E-state index contributed by atoms with van der Waals surface area (Å²) in [4.78, 5) is 20.7. The maximum Gasteiger partial charge on any atom is 0.248 e. The summed E-state index contributed by atoms with van der Waals surface area (Å²) in [6, 6.07) is 6.99. The van der Waals surface area contributed by atoms with Crippen molar-refractivity contribution in [1.29, 1.82) is 0 Å². The fourth-order valence-electron chi connectivity index (χ4n) is 2.07. The molecule has 2 aromatic heterocycles. The van der Waals surface area contributed by atoms with Crippen LogP contribution in [0.3, 0.4) is 0 Å². The van der Waals surface area contributed by atoms with E-state index in [0.717, 1.165) is 15.9 Å². The van der Waals surface area contributed by atoms with Gasteiger partial charge in [0.2, 0.25) is 5.91 Å². The van der Waals surface area contributed by atoms with E-state index >= 15 is 0 Å². The van der Waals surface area contributed by atoms with Crippen molar-refractivity contribution in [2.45, 2.75) is 6.92 Å². The summed E-state index contributed by atoms with van der Waals surface area (Å²) in [5, 5.41) is 6.13. The number of aromatic nitrogens is 2. The van der Waals surface area contributed by atoms with Gasteiger partial charge in [-0.1, -0.05) is 0 Å². The average molecular weight is 314 g/mol. The van der Waals surface area contributed by atoms with Crippen molar-refractivity contribution >= 4 is 39.0 Å². The first kappa shape index (κ1) is 14.3. The number of thiophene rings is 1. The Balaban J connectivity index is 2.00. The van der Waals surface area contributed by atoms with Crippen molar-refractivity contribution < 1.29 is 9.53 Å². The van der Waals surface area contributed by atoms with Gasteiger partial charge in [-0.25, -0.2) is 9.97 Å². The minimum absolute atomic E-state index is 0.400. The second kappa shape index (κ2) is 5.98. The van der Waals surface area contributed by atoms with Gasteiger partial charge >= 0.3 is 0 Å². The van der Waals surface area contributed by atoms with E-state index in [4.69, 9.17) is 10.5 Å². The van der Waals surface area contributed by atoms with E-state index in [9.17, 15) is 4.79 Å². The van der Waals surface area contributed by atoms with E-state index in [2.05, 4.69) is 15.3 Å². The minimum Gasteiger partial charge on any atom is -0.492 e. The Labute approximate surface area is 131 Å². The van der Waals surface area contributed by atoms with Gasteiger partial charge in [0.1, 0.15) is 22.7 Å². The van der Waals surface area contributed by atoms with Crippen LogP contribution >= 0.6 is 11.3 Å². The number of carbonyl (C=O) groups excluding carboxylic acids is 1. The first-order chi connectivity index (χ1) is 10.7. The normalized spacial score (nSPS) is 10.6. The molecule has 1 amide bonds. The number of carbonyl (C=O) groups is 1. The molecular formula is C15H14N4O2S. The molecule has 0 saturated heterocycles. The van der Waals surface area contributed by atoms with Crippen LogP contribution in [0.4, 0.5) is 11.5 Å². The Morgan fingerprint density at radius 1 is 1.36 bits per heavy atom. The Morgan fingerprint density at radius 2 is 2.23 bits per heavy atom. The molecule has 0 atom stereocenters. The molecule has 0 radical (unpaired) electrons. The number of rotatable bonds is 5. The Kier molecular flexibility index (Phi) is 3.88. The molecule has 7 heteroatoms. The van der Waals surface area contributed by atoms with Gasteiger partial charge in [-0.15, -0.1) is 11.3 Å². The monoisotopic (exact) mass is 314 g/mol. The summed E-state index contributed by atoms with van der Waals surface area (Å²) in [6.07, 6.45) is 1.51.